The predicted octanol–water partition coefficient (Wildman–Crippen LogP) is 3.17. The number of halogens is 1. The number of carbonyl (C=O) groups is 1. The Morgan fingerprint density at radius 2 is 2.10 bits per heavy atom. The Morgan fingerprint density at radius 3 is 2.86 bits per heavy atom. The van der Waals surface area contributed by atoms with E-state index in [1.54, 1.807) is 18.2 Å². The van der Waals surface area contributed by atoms with Crippen LogP contribution in [-0.4, -0.2) is 16.0 Å². The fourth-order valence-electron chi connectivity index (χ4n) is 3.48. The van der Waals surface area contributed by atoms with E-state index in [1.807, 2.05) is 13.0 Å². The first kappa shape index (κ1) is 12.4. The third-order valence-corrected chi connectivity index (χ3v) is 4.83. The van der Waals surface area contributed by atoms with Gasteiger partial charge in [0.25, 0.3) is 0 Å². The minimum Gasteiger partial charge on any atom is -0.298 e. The third-order valence-electron chi connectivity index (χ3n) is 4.83. The maximum atomic E-state index is 13.9. The molecule has 0 unspecified atom stereocenters. The van der Waals surface area contributed by atoms with Crippen LogP contribution < -0.4 is 0 Å². The van der Waals surface area contributed by atoms with Gasteiger partial charge >= 0.3 is 0 Å². The number of allylic oxidation sites excluding steroid dienone is 1. The number of fused-ring (bicyclic) bond motifs is 5. The zero-order valence-electron chi connectivity index (χ0n) is 11.6. The zero-order valence-corrected chi connectivity index (χ0v) is 11.6. The molecule has 0 saturated heterocycles. The van der Waals surface area contributed by atoms with Crippen LogP contribution in [0.2, 0.25) is 0 Å². The van der Waals surface area contributed by atoms with Crippen molar-refractivity contribution >= 4 is 5.78 Å². The highest BCUT2D eigenvalue weighted by molar-refractivity contribution is 6.00. The molecule has 2 bridgehead atoms. The van der Waals surface area contributed by atoms with Gasteiger partial charge in [-0.25, -0.2) is 4.39 Å². The molecule has 3 nitrogen and oxygen atoms in total. The normalized spacial score (nSPS) is 26.3. The number of hydrogen-bond acceptors (Lipinski definition) is 3. The first-order valence-corrected chi connectivity index (χ1v) is 6.89. The Bertz CT molecular complexity index is 814. The predicted molar refractivity (Wildman–Crippen MR) is 76.3 cm³/mol. The summed E-state index contributed by atoms with van der Waals surface area (Å²) in [5, 5.41) is 8.36. The Hall–Kier alpha value is -2.36. The monoisotopic (exact) mass is 280 g/mol. The van der Waals surface area contributed by atoms with Crippen molar-refractivity contribution in [2.24, 2.45) is 0 Å². The molecule has 2 aliphatic rings. The van der Waals surface area contributed by atoms with Gasteiger partial charge < -0.3 is 0 Å². The van der Waals surface area contributed by atoms with Crippen LogP contribution in [0.25, 0.3) is 11.3 Å². The number of rotatable bonds is 1. The van der Waals surface area contributed by atoms with E-state index in [9.17, 15) is 9.18 Å². The number of carbonyl (C=O) groups excluding carboxylic acids is 1. The van der Waals surface area contributed by atoms with Gasteiger partial charge in [0.05, 0.1) is 16.8 Å². The van der Waals surface area contributed by atoms with Crippen LogP contribution in [0.1, 0.15) is 30.5 Å². The second-order valence-electron chi connectivity index (χ2n) is 5.84. The lowest BCUT2D eigenvalue weighted by Crippen LogP contribution is -2.29. The Kier molecular flexibility index (Phi) is 2.27. The molecule has 1 heterocycles. The van der Waals surface area contributed by atoms with E-state index in [-0.39, 0.29) is 17.5 Å². The molecule has 2 aliphatic carbocycles. The minimum atomic E-state index is -0.708. The molecule has 104 valence electrons. The highest BCUT2D eigenvalue weighted by Crippen LogP contribution is 2.57. The van der Waals surface area contributed by atoms with E-state index < -0.39 is 5.41 Å². The second-order valence-corrected chi connectivity index (χ2v) is 5.84. The highest BCUT2D eigenvalue weighted by Gasteiger charge is 2.56. The summed E-state index contributed by atoms with van der Waals surface area (Å²) in [6.07, 6.45) is 0.463. The number of ketones is 1. The van der Waals surface area contributed by atoms with Crippen LogP contribution in [0, 0.1) is 5.82 Å². The fourth-order valence-corrected chi connectivity index (χ4v) is 3.48. The molecule has 0 spiro atoms. The van der Waals surface area contributed by atoms with E-state index in [2.05, 4.69) is 16.8 Å². The van der Waals surface area contributed by atoms with Gasteiger partial charge in [0, 0.05) is 17.9 Å². The lowest BCUT2D eigenvalue weighted by Gasteiger charge is -2.20. The molecule has 2 aromatic rings. The molecule has 21 heavy (non-hydrogen) atoms. The lowest BCUT2D eigenvalue weighted by molar-refractivity contribution is -0.121. The Balaban J connectivity index is 1.91. The van der Waals surface area contributed by atoms with Crippen molar-refractivity contribution in [3.8, 4) is 11.3 Å². The number of benzene rings is 1. The molecular weight excluding hydrogens is 267 g/mol. The molecule has 1 aromatic heterocycles. The summed E-state index contributed by atoms with van der Waals surface area (Å²) >= 11 is 0. The van der Waals surface area contributed by atoms with E-state index >= 15 is 0 Å². The maximum Gasteiger partial charge on any atom is 0.149 e. The van der Waals surface area contributed by atoms with Gasteiger partial charge in [-0.1, -0.05) is 24.3 Å². The summed E-state index contributed by atoms with van der Waals surface area (Å²) in [6.45, 7) is 5.93. The highest BCUT2D eigenvalue weighted by atomic mass is 19.1. The van der Waals surface area contributed by atoms with Gasteiger partial charge in [-0.15, -0.1) is 0 Å². The number of nitrogens with zero attached hydrogens (tertiary/aromatic N) is 2. The zero-order chi connectivity index (χ0) is 14.8. The van der Waals surface area contributed by atoms with Crippen LogP contribution in [-0.2, 0) is 10.2 Å². The van der Waals surface area contributed by atoms with Crippen molar-refractivity contribution < 1.29 is 9.18 Å². The molecule has 2 atom stereocenters. The van der Waals surface area contributed by atoms with E-state index in [4.69, 9.17) is 0 Å². The van der Waals surface area contributed by atoms with Crippen LogP contribution in [0.3, 0.4) is 0 Å². The van der Waals surface area contributed by atoms with E-state index in [0.29, 0.717) is 23.4 Å². The number of aromatic nitrogens is 2. The Labute approximate surface area is 121 Å². The lowest BCUT2D eigenvalue weighted by atomic mass is 9.82. The SMILES string of the molecule is C=C1[C@@H]2CC(=O)[C@@]1(C)c1nnc(-c3ccccc3F)cc12. The first-order valence-electron chi connectivity index (χ1n) is 6.89. The second kappa shape index (κ2) is 3.85. The average Bonchev–Trinajstić information content (AvgIpc) is 2.83. The van der Waals surface area contributed by atoms with Crippen molar-refractivity contribution in [2.75, 3.05) is 0 Å². The van der Waals surface area contributed by atoms with Gasteiger partial charge in [-0.05, 0) is 30.7 Å². The molecule has 4 rings (SSSR count). The summed E-state index contributed by atoms with van der Waals surface area (Å²) < 4.78 is 13.9. The minimum absolute atomic E-state index is 0.00137. The number of hydrogen-bond donors (Lipinski definition) is 0. The van der Waals surface area contributed by atoms with Crippen molar-refractivity contribution in [3.05, 3.63) is 59.6 Å². The summed E-state index contributed by atoms with van der Waals surface area (Å²) in [6, 6.07) is 8.35. The topological polar surface area (TPSA) is 42.9 Å². The van der Waals surface area contributed by atoms with Crippen molar-refractivity contribution in [1.29, 1.82) is 0 Å². The van der Waals surface area contributed by atoms with Gasteiger partial charge in [-0.3, -0.25) is 4.79 Å². The van der Waals surface area contributed by atoms with Crippen molar-refractivity contribution in [2.45, 2.75) is 24.7 Å². The molecule has 0 amide bonds. The largest absolute Gasteiger partial charge is 0.298 e. The van der Waals surface area contributed by atoms with E-state index in [1.165, 1.54) is 6.07 Å². The molecule has 1 saturated carbocycles. The van der Waals surface area contributed by atoms with Crippen molar-refractivity contribution in [1.82, 2.24) is 10.2 Å². The standard InChI is InChI=1S/C17H13FN2O/c1-9-11-8-15(21)17(9,2)16-12(11)7-14(19-20-16)10-5-3-4-6-13(10)18/h3-7,11H,1,8H2,2H3/t11-,17-/m0/s1. The van der Waals surface area contributed by atoms with Crippen LogP contribution in [0.4, 0.5) is 4.39 Å². The quantitative estimate of drug-likeness (QED) is 0.754. The summed E-state index contributed by atoms with van der Waals surface area (Å²) in [7, 11) is 0. The van der Waals surface area contributed by atoms with Crippen molar-refractivity contribution in [3.63, 3.8) is 0 Å². The van der Waals surface area contributed by atoms with Gasteiger partial charge in [0.15, 0.2) is 0 Å². The molecule has 0 N–H and O–H groups in total. The summed E-state index contributed by atoms with van der Waals surface area (Å²) in [4.78, 5) is 12.2. The van der Waals surface area contributed by atoms with Gasteiger partial charge in [0.2, 0.25) is 0 Å². The summed E-state index contributed by atoms with van der Waals surface area (Å²) in [5.74, 6) is -0.174. The molecule has 4 heteroatoms. The maximum absolute atomic E-state index is 13.9. The van der Waals surface area contributed by atoms with Crippen LogP contribution >= 0.6 is 0 Å². The first-order chi connectivity index (χ1) is 10.0. The molecule has 1 aromatic carbocycles. The Morgan fingerprint density at radius 1 is 1.33 bits per heavy atom. The summed E-state index contributed by atoms with van der Waals surface area (Å²) in [5.41, 5.74) is 2.77. The number of Topliss-reactive ketones (excluding diaryl/α,β-unsaturated/α-hetero) is 1. The average molecular weight is 280 g/mol. The molecule has 1 fully saturated rings. The fraction of sp³-hybridized carbons (Fsp3) is 0.235. The van der Waals surface area contributed by atoms with Crippen LogP contribution in [0.5, 0.6) is 0 Å². The molecular formula is C17H13FN2O. The van der Waals surface area contributed by atoms with Gasteiger partial charge in [-0.2, -0.15) is 10.2 Å². The van der Waals surface area contributed by atoms with E-state index in [0.717, 1.165) is 11.1 Å². The van der Waals surface area contributed by atoms with Crippen LogP contribution in [0.15, 0.2) is 42.5 Å². The third kappa shape index (κ3) is 1.39. The molecule has 0 aliphatic heterocycles. The van der Waals surface area contributed by atoms with Gasteiger partial charge in [0.1, 0.15) is 11.6 Å². The smallest absolute Gasteiger partial charge is 0.149 e. The molecule has 0 radical (unpaired) electrons.